The van der Waals surface area contributed by atoms with E-state index < -0.39 is 16.5 Å². The first-order valence-corrected chi connectivity index (χ1v) is 8.33. The van der Waals surface area contributed by atoms with Crippen molar-refractivity contribution in [3.05, 3.63) is 69.9 Å². The van der Waals surface area contributed by atoms with E-state index in [1.807, 2.05) is 30.3 Å². The molecule has 0 spiro atoms. The predicted molar refractivity (Wildman–Crippen MR) is 98.4 cm³/mol. The maximum absolute atomic E-state index is 11.3. The molecule has 140 valence electrons. The summed E-state index contributed by atoms with van der Waals surface area (Å²) in [5.41, 5.74) is 0.755. The summed E-state index contributed by atoms with van der Waals surface area (Å²) < 4.78 is 7.24. The molecule has 0 atom stereocenters. The van der Waals surface area contributed by atoms with Crippen LogP contribution in [0.15, 0.2) is 48.5 Å². The van der Waals surface area contributed by atoms with E-state index in [2.05, 4.69) is 5.10 Å². The molecule has 1 aromatic heterocycles. The van der Waals surface area contributed by atoms with Crippen molar-refractivity contribution >= 4 is 22.6 Å². The molecule has 0 amide bonds. The van der Waals surface area contributed by atoms with Crippen molar-refractivity contribution in [2.24, 2.45) is 0 Å². The summed E-state index contributed by atoms with van der Waals surface area (Å²) in [6.45, 7) is 3.30. The lowest BCUT2D eigenvalue weighted by Gasteiger charge is -2.19. The van der Waals surface area contributed by atoms with Crippen LogP contribution in [0, 0.1) is 10.1 Å². The van der Waals surface area contributed by atoms with Crippen LogP contribution in [-0.2, 0) is 22.7 Å². The van der Waals surface area contributed by atoms with Gasteiger partial charge >= 0.3 is 5.97 Å². The Morgan fingerprint density at radius 2 is 1.96 bits per heavy atom. The third-order valence-corrected chi connectivity index (χ3v) is 4.28. The zero-order chi connectivity index (χ0) is 19.6. The van der Waals surface area contributed by atoms with Gasteiger partial charge in [0.15, 0.2) is 5.60 Å². The summed E-state index contributed by atoms with van der Waals surface area (Å²) in [7, 11) is 0. The average Bonchev–Trinajstić information content (AvgIpc) is 2.98. The molecule has 27 heavy (non-hydrogen) atoms. The number of aliphatic carboxylic acids is 1. The van der Waals surface area contributed by atoms with Gasteiger partial charge in [-0.2, -0.15) is 5.10 Å². The van der Waals surface area contributed by atoms with Gasteiger partial charge in [0.2, 0.25) is 0 Å². The van der Waals surface area contributed by atoms with Crippen LogP contribution < -0.4 is 0 Å². The molecule has 1 N–H and O–H groups in total. The molecule has 0 fully saturated rings. The lowest BCUT2D eigenvalue weighted by atomic mass is 10.1. The van der Waals surface area contributed by atoms with Crippen LogP contribution in [0.3, 0.4) is 0 Å². The van der Waals surface area contributed by atoms with Crippen LogP contribution in [0.4, 0.5) is 5.69 Å². The Morgan fingerprint density at radius 1 is 1.26 bits per heavy atom. The predicted octanol–water partition coefficient (Wildman–Crippen LogP) is 3.37. The number of non-ortho nitro benzene ring substituents is 1. The molecule has 0 aliphatic rings. The number of nitro groups is 1. The van der Waals surface area contributed by atoms with E-state index in [1.54, 1.807) is 10.7 Å². The average molecular weight is 369 g/mol. The van der Waals surface area contributed by atoms with Crippen molar-refractivity contribution in [1.29, 1.82) is 0 Å². The zero-order valence-electron chi connectivity index (χ0n) is 15.0. The van der Waals surface area contributed by atoms with Crippen LogP contribution in [0.5, 0.6) is 0 Å². The summed E-state index contributed by atoms with van der Waals surface area (Å²) in [5, 5.41) is 25.4. The van der Waals surface area contributed by atoms with E-state index >= 15 is 0 Å². The Kier molecular flexibility index (Phi) is 4.91. The SMILES string of the molecule is CC(C)(OCc1nn(Cc2ccccc2)c2ccc([N+](=O)[O-])cc12)C(=O)O. The fourth-order valence-electron chi connectivity index (χ4n) is 2.64. The quantitative estimate of drug-likeness (QED) is 0.505. The second-order valence-electron chi connectivity index (χ2n) is 6.65. The highest BCUT2D eigenvalue weighted by Gasteiger charge is 2.29. The highest BCUT2D eigenvalue weighted by atomic mass is 16.6. The molecular weight excluding hydrogens is 350 g/mol. The van der Waals surface area contributed by atoms with Gasteiger partial charge in [0, 0.05) is 17.5 Å². The van der Waals surface area contributed by atoms with Crippen LogP contribution in [-0.4, -0.2) is 31.4 Å². The third-order valence-electron chi connectivity index (χ3n) is 4.28. The number of hydrogen-bond donors (Lipinski definition) is 1. The molecule has 3 rings (SSSR count). The Bertz CT molecular complexity index is 995. The summed E-state index contributed by atoms with van der Waals surface area (Å²) in [6.07, 6.45) is 0. The lowest BCUT2D eigenvalue weighted by molar-refractivity contribution is -0.384. The number of nitrogens with zero attached hydrogens (tertiary/aromatic N) is 3. The number of fused-ring (bicyclic) bond motifs is 1. The second kappa shape index (κ2) is 7.16. The van der Waals surface area contributed by atoms with Crippen molar-refractivity contribution in [1.82, 2.24) is 9.78 Å². The number of carboxylic acid groups (broad SMARTS) is 1. The van der Waals surface area contributed by atoms with E-state index in [1.165, 1.54) is 26.0 Å². The van der Waals surface area contributed by atoms with E-state index in [0.29, 0.717) is 17.6 Å². The number of carbonyl (C=O) groups is 1. The Morgan fingerprint density at radius 3 is 2.59 bits per heavy atom. The van der Waals surface area contributed by atoms with Gasteiger partial charge in [-0.15, -0.1) is 0 Å². The van der Waals surface area contributed by atoms with E-state index in [9.17, 15) is 20.0 Å². The highest BCUT2D eigenvalue weighted by molar-refractivity contribution is 5.84. The number of hydrogen-bond acceptors (Lipinski definition) is 5. The maximum Gasteiger partial charge on any atom is 0.335 e. The standard InChI is InChI=1S/C19H19N3O5/c1-19(2,18(23)24)27-12-16-15-10-14(22(25)26)8-9-17(15)21(20-16)11-13-6-4-3-5-7-13/h3-10H,11-12H2,1-2H3,(H,23,24). The van der Waals surface area contributed by atoms with Gasteiger partial charge in [0.1, 0.15) is 0 Å². The van der Waals surface area contributed by atoms with Crippen molar-refractivity contribution < 1.29 is 19.6 Å². The normalized spacial score (nSPS) is 11.6. The van der Waals surface area contributed by atoms with Crippen molar-refractivity contribution in [3.63, 3.8) is 0 Å². The number of rotatable bonds is 7. The minimum atomic E-state index is -1.39. The van der Waals surface area contributed by atoms with Crippen molar-refractivity contribution in [3.8, 4) is 0 Å². The first-order valence-electron chi connectivity index (χ1n) is 8.33. The summed E-state index contributed by atoms with van der Waals surface area (Å²) >= 11 is 0. The molecule has 0 unspecified atom stereocenters. The van der Waals surface area contributed by atoms with E-state index in [-0.39, 0.29) is 12.3 Å². The smallest absolute Gasteiger partial charge is 0.335 e. The number of ether oxygens (including phenoxy) is 1. The fraction of sp³-hybridized carbons (Fsp3) is 0.263. The Balaban J connectivity index is 2.01. The Hall–Kier alpha value is -3.26. The second-order valence-corrected chi connectivity index (χ2v) is 6.65. The van der Waals surface area contributed by atoms with Crippen LogP contribution >= 0.6 is 0 Å². The molecular formula is C19H19N3O5. The zero-order valence-corrected chi connectivity index (χ0v) is 15.0. The van der Waals surface area contributed by atoms with Gasteiger partial charge in [0.05, 0.1) is 29.3 Å². The van der Waals surface area contributed by atoms with E-state index in [4.69, 9.17) is 4.74 Å². The number of aromatic nitrogens is 2. The van der Waals surface area contributed by atoms with Gasteiger partial charge in [-0.1, -0.05) is 30.3 Å². The molecule has 2 aromatic carbocycles. The molecule has 0 radical (unpaired) electrons. The van der Waals surface area contributed by atoms with E-state index in [0.717, 1.165) is 11.1 Å². The molecule has 0 bridgehead atoms. The molecule has 0 saturated carbocycles. The summed E-state index contributed by atoms with van der Waals surface area (Å²) in [5.74, 6) is -1.10. The minimum absolute atomic E-state index is 0.0551. The van der Waals surface area contributed by atoms with Gasteiger partial charge in [-0.05, 0) is 25.5 Å². The van der Waals surface area contributed by atoms with Gasteiger partial charge in [-0.3, -0.25) is 14.8 Å². The van der Waals surface area contributed by atoms with Crippen molar-refractivity contribution in [2.75, 3.05) is 0 Å². The van der Waals surface area contributed by atoms with Gasteiger partial charge < -0.3 is 9.84 Å². The number of benzene rings is 2. The van der Waals surface area contributed by atoms with Crippen LogP contribution in [0.1, 0.15) is 25.1 Å². The first-order chi connectivity index (χ1) is 12.8. The van der Waals surface area contributed by atoms with Crippen LogP contribution in [0.2, 0.25) is 0 Å². The maximum atomic E-state index is 11.3. The number of nitro benzene ring substituents is 1. The fourth-order valence-corrected chi connectivity index (χ4v) is 2.64. The molecule has 0 aliphatic heterocycles. The molecule has 8 nitrogen and oxygen atoms in total. The minimum Gasteiger partial charge on any atom is -0.479 e. The molecule has 0 aliphatic carbocycles. The van der Waals surface area contributed by atoms with Gasteiger partial charge in [0.25, 0.3) is 5.69 Å². The summed E-state index contributed by atoms with van der Waals surface area (Å²) in [4.78, 5) is 21.9. The summed E-state index contributed by atoms with van der Waals surface area (Å²) in [6, 6.07) is 14.2. The third kappa shape index (κ3) is 3.95. The van der Waals surface area contributed by atoms with Crippen molar-refractivity contribution in [2.45, 2.75) is 32.6 Å². The van der Waals surface area contributed by atoms with Gasteiger partial charge in [-0.25, -0.2) is 4.79 Å². The largest absolute Gasteiger partial charge is 0.479 e. The molecule has 0 saturated heterocycles. The molecule has 1 heterocycles. The monoisotopic (exact) mass is 369 g/mol. The van der Waals surface area contributed by atoms with Crippen LogP contribution in [0.25, 0.3) is 10.9 Å². The highest BCUT2D eigenvalue weighted by Crippen LogP contribution is 2.26. The molecule has 8 heteroatoms. The lowest BCUT2D eigenvalue weighted by Crippen LogP contribution is -2.34. The Labute approximate surface area is 155 Å². The topological polar surface area (TPSA) is 107 Å². The first kappa shape index (κ1) is 18.5. The molecule has 3 aromatic rings. The number of carboxylic acids is 1.